The number of rotatable bonds is 4. The fraction of sp³-hybridized carbons (Fsp3) is 0.692. The summed E-state index contributed by atoms with van der Waals surface area (Å²) < 4.78 is 43.2. The molecule has 0 aliphatic carbocycles. The second-order valence-corrected chi connectivity index (χ2v) is 5.94. The van der Waals surface area contributed by atoms with Crippen LogP contribution >= 0.6 is 23.7 Å². The average molecular weight is 374 g/mol. The molecule has 3 atom stereocenters. The van der Waals surface area contributed by atoms with Crippen LogP contribution in [-0.4, -0.2) is 36.2 Å². The maximum Gasteiger partial charge on any atom is 0.434 e. The lowest BCUT2D eigenvalue weighted by Crippen LogP contribution is -2.55. The number of nitrogens with one attached hydrogen (secondary N) is 2. The largest absolute Gasteiger partial charge is 0.434 e. The van der Waals surface area contributed by atoms with Gasteiger partial charge in [0.15, 0.2) is 5.69 Å². The lowest BCUT2D eigenvalue weighted by atomic mass is 10.1. The molecule has 2 N–H and O–H groups in total. The Morgan fingerprint density at radius 1 is 1.61 bits per heavy atom. The molecule has 5 nitrogen and oxygen atoms in total. The summed E-state index contributed by atoms with van der Waals surface area (Å²) in [5, 5.41) is 7.02. The van der Waals surface area contributed by atoms with Crippen molar-refractivity contribution in [2.45, 2.75) is 44.6 Å². The third kappa shape index (κ3) is 5.03. The van der Waals surface area contributed by atoms with Crippen LogP contribution in [0.2, 0.25) is 0 Å². The highest BCUT2D eigenvalue weighted by molar-refractivity contribution is 7.09. The molecule has 0 aromatic carbocycles. The number of hydrogen-bond donors (Lipinski definition) is 2. The van der Waals surface area contributed by atoms with E-state index < -0.39 is 24.0 Å². The number of alkyl halides is 3. The van der Waals surface area contributed by atoms with Gasteiger partial charge in [-0.05, 0) is 13.3 Å². The van der Waals surface area contributed by atoms with E-state index in [0.717, 1.165) is 16.7 Å². The van der Waals surface area contributed by atoms with Crippen molar-refractivity contribution >= 4 is 29.7 Å². The molecule has 1 unspecified atom stereocenters. The molecule has 23 heavy (non-hydrogen) atoms. The Kier molecular flexibility index (Phi) is 7.25. The van der Waals surface area contributed by atoms with Gasteiger partial charge in [-0.1, -0.05) is 6.92 Å². The van der Waals surface area contributed by atoms with E-state index in [1.807, 2.05) is 0 Å². The van der Waals surface area contributed by atoms with E-state index in [1.165, 1.54) is 0 Å². The summed E-state index contributed by atoms with van der Waals surface area (Å²) in [5.41, 5.74) is -0.923. The number of nitrogens with zero attached hydrogens (tertiary/aromatic N) is 1. The first-order valence-corrected chi connectivity index (χ1v) is 7.89. The van der Waals surface area contributed by atoms with Crippen molar-refractivity contribution in [3.8, 4) is 0 Å². The van der Waals surface area contributed by atoms with Crippen molar-refractivity contribution in [3.63, 3.8) is 0 Å². The summed E-state index contributed by atoms with van der Waals surface area (Å²) in [5.74, 6) is -0.289. The van der Waals surface area contributed by atoms with Gasteiger partial charge in [0.1, 0.15) is 11.0 Å². The van der Waals surface area contributed by atoms with Crippen molar-refractivity contribution in [2.24, 2.45) is 0 Å². The zero-order valence-corrected chi connectivity index (χ0v) is 14.3. The van der Waals surface area contributed by atoms with E-state index in [9.17, 15) is 18.0 Å². The number of morpholine rings is 1. The molecular formula is C13H19ClF3N3O2S. The number of ether oxygens (including phenoxy) is 1. The average Bonchev–Trinajstić information content (AvgIpc) is 2.94. The van der Waals surface area contributed by atoms with Crippen LogP contribution in [-0.2, 0) is 15.7 Å². The van der Waals surface area contributed by atoms with E-state index in [-0.39, 0.29) is 29.4 Å². The molecule has 1 fully saturated rings. The Morgan fingerprint density at radius 2 is 2.30 bits per heavy atom. The van der Waals surface area contributed by atoms with Gasteiger partial charge >= 0.3 is 6.18 Å². The van der Waals surface area contributed by atoms with Gasteiger partial charge in [0.2, 0.25) is 5.91 Å². The topological polar surface area (TPSA) is 63.2 Å². The normalized spacial score (nSPS) is 23.0. The van der Waals surface area contributed by atoms with Crippen LogP contribution in [0.15, 0.2) is 5.38 Å². The standard InChI is InChI=1S/C13H18F3N3O2S.ClH/c1-3-8(12-19-9(6-22-12)13(14,15)16)18-11(20)10-7(2)21-5-4-17-10;/h6-8,10,17H,3-5H2,1-2H3,(H,18,20);1H/t7-,8?,10+;/m1./s1. The van der Waals surface area contributed by atoms with E-state index in [2.05, 4.69) is 15.6 Å². The second kappa shape index (κ2) is 8.27. The second-order valence-electron chi connectivity index (χ2n) is 5.05. The predicted molar refractivity (Wildman–Crippen MR) is 82.7 cm³/mol. The minimum atomic E-state index is -4.47. The highest BCUT2D eigenvalue weighted by Gasteiger charge is 2.35. The lowest BCUT2D eigenvalue weighted by Gasteiger charge is -2.30. The van der Waals surface area contributed by atoms with E-state index in [0.29, 0.717) is 19.6 Å². The van der Waals surface area contributed by atoms with Crippen molar-refractivity contribution in [1.29, 1.82) is 0 Å². The van der Waals surface area contributed by atoms with E-state index in [1.54, 1.807) is 13.8 Å². The highest BCUT2D eigenvalue weighted by atomic mass is 35.5. The summed E-state index contributed by atoms with van der Waals surface area (Å²) in [4.78, 5) is 15.9. The van der Waals surface area contributed by atoms with Crippen molar-refractivity contribution in [1.82, 2.24) is 15.6 Å². The van der Waals surface area contributed by atoms with E-state index >= 15 is 0 Å². The first kappa shape index (κ1) is 20.1. The molecular weight excluding hydrogens is 355 g/mol. The number of aromatic nitrogens is 1. The molecule has 0 saturated carbocycles. The van der Waals surface area contributed by atoms with E-state index in [4.69, 9.17) is 4.74 Å². The van der Waals surface area contributed by atoms with Gasteiger partial charge < -0.3 is 15.4 Å². The molecule has 0 spiro atoms. The zero-order valence-electron chi connectivity index (χ0n) is 12.6. The predicted octanol–water partition coefficient (Wildman–Crippen LogP) is 2.53. The van der Waals surface area contributed by atoms with Crippen molar-refractivity contribution < 1.29 is 22.7 Å². The Bertz CT molecular complexity index is 527. The van der Waals surface area contributed by atoms with Crippen LogP contribution in [0.4, 0.5) is 13.2 Å². The number of halogens is 4. The minimum Gasteiger partial charge on any atom is -0.375 e. The Balaban J connectivity index is 0.00000264. The SMILES string of the molecule is CCC(NC(=O)[C@H]1NCCO[C@@H]1C)c1nc(C(F)(F)F)cs1.Cl. The lowest BCUT2D eigenvalue weighted by molar-refractivity contribution is -0.140. The molecule has 1 aromatic heterocycles. The maximum atomic E-state index is 12.6. The van der Waals surface area contributed by atoms with Crippen LogP contribution < -0.4 is 10.6 Å². The van der Waals surface area contributed by atoms with Crippen molar-refractivity contribution in [3.05, 3.63) is 16.1 Å². The van der Waals surface area contributed by atoms with Gasteiger partial charge in [-0.15, -0.1) is 23.7 Å². The molecule has 1 amide bonds. The molecule has 1 aliphatic rings. The third-order valence-corrected chi connectivity index (χ3v) is 4.39. The smallest absolute Gasteiger partial charge is 0.375 e. The van der Waals surface area contributed by atoms with Gasteiger partial charge in [0, 0.05) is 11.9 Å². The number of amides is 1. The molecule has 0 bridgehead atoms. The maximum absolute atomic E-state index is 12.6. The molecule has 2 rings (SSSR count). The summed E-state index contributed by atoms with van der Waals surface area (Å²) >= 11 is 0.901. The Labute approximate surface area is 142 Å². The van der Waals surface area contributed by atoms with Crippen LogP contribution in [0, 0.1) is 0 Å². The fourth-order valence-corrected chi connectivity index (χ4v) is 3.16. The first-order valence-electron chi connectivity index (χ1n) is 7.01. The molecule has 2 heterocycles. The first-order chi connectivity index (χ1) is 10.3. The molecule has 1 aromatic rings. The van der Waals surface area contributed by atoms with Crippen LogP contribution in [0.5, 0.6) is 0 Å². The quantitative estimate of drug-likeness (QED) is 0.851. The summed E-state index contributed by atoms with van der Waals surface area (Å²) in [7, 11) is 0. The molecule has 1 aliphatic heterocycles. The van der Waals surface area contributed by atoms with Crippen LogP contribution in [0.25, 0.3) is 0 Å². The molecule has 0 radical (unpaired) electrons. The van der Waals surface area contributed by atoms with Crippen molar-refractivity contribution in [2.75, 3.05) is 13.2 Å². The van der Waals surface area contributed by atoms with Crippen LogP contribution in [0.1, 0.15) is 37.0 Å². The zero-order chi connectivity index (χ0) is 16.3. The van der Waals surface area contributed by atoms with Crippen LogP contribution in [0.3, 0.4) is 0 Å². The highest BCUT2D eigenvalue weighted by Crippen LogP contribution is 2.32. The molecule has 1 saturated heterocycles. The monoisotopic (exact) mass is 373 g/mol. The molecule has 132 valence electrons. The number of carbonyl (C=O) groups excluding carboxylic acids is 1. The number of thiazole rings is 1. The Hall–Kier alpha value is -0.900. The number of hydrogen-bond acceptors (Lipinski definition) is 5. The minimum absolute atomic E-state index is 0. The summed E-state index contributed by atoms with van der Waals surface area (Å²) in [6.45, 7) is 4.66. The number of carbonyl (C=O) groups is 1. The summed E-state index contributed by atoms with van der Waals surface area (Å²) in [6, 6.07) is -1.05. The molecule has 10 heteroatoms. The van der Waals surface area contributed by atoms with Gasteiger partial charge in [-0.25, -0.2) is 4.98 Å². The van der Waals surface area contributed by atoms with Gasteiger partial charge in [0.05, 0.1) is 18.8 Å². The Morgan fingerprint density at radius 3 is 2.83 bits per heavy atom. The fourth-order valence-electron chi connectivity index (χ4n) is 2.21. The third-order valence-electron chi connectivity index (χ3n) is 3.43. The van der Waals surface area contributed by atoms with Gasteiger partial charge in [-0.3, -0.25) is 4.79 Å². The van der Waals surface area contributed by atoms with Gasteiger partial charge in [0.25, 0.3) is 0 Å². The van der Waals surface area contributed by atoms with Gasteiger partial charge in [-0.2, -0.15) is 13.2 Å². The summed E-state index contributed by atoms with van der Waals surface area (Å²) in [6.07, 6.45) is -4.30.